The molecule has 1 rings (SSSR count). The quantitative estimate of drug-likeness (QED) is 0.734. The van der Waals surface area contributed by atoms with Gasteiger partial charge in [-0.25, -0.2) is 4.79 Å². The van der Waals surface area contributed by atoms with Crippen LogP contribution < -0.4 is 5.32 Å². The van der Waals surface area contributed by atoms with Crippen molar-refractivity contribution in [1.29, 1.82) is 0 Å². The lowest BCUT2D eigenvalue weighted by Gasteiger charge is -2.27. The van der Waals surface area contributed by atoms with Gasteiger partial charge in [-0.1, -0.05) is 43.7 Å². The Balaban J connectivity index is 2.61. The van der Waals surface area contributed by atoms with Crippen LogP contribution in [0.2, 0.25) is 0 Å². The molecular weight excluding hydrogens is 278 g/mol. The molecule has 0 aromatic heterocycles. The third kappa shape index (κ3) is 6.03. The fourth-order valence-electron chi connectivity index (χ4n) is 2.35. The Kier molecular flexibility index (Phi) is 8.55. The SMILES string of the molecule is CCCCN(CCO)C(=O)NCC(c1ccccc1)N(C)C. The molecule has 5 nitrogen and oxygen atoms in total. The van der Waals surface area contributed by atoms with Gasteiger partial charge in [0.15, 0.2) is 0 Å². The summed E-state index contributed by atoms with van der Waals surface area (Å²) in [5.74, 6) is 0. The predicted octanol–water partition coefficient (Wildman–Crippen LogP) is 2.09. The zero-order chi connectivity index (χ0) is 16.4. The molecule has 22 heavy (non-hydrogen) atoms. The predicted molar refractivity (Wildman–Crippen MR) is 89.8 cm³/mol. The van der Waals surface area contributed by atoms with Crippen LogP contribution in [0.15, 0.2) is 30.3 Å². The smallest absolute Gasteiger partial charge is 0.317 e. The average molecular weight is 307 g/mol. The molecule has 124 valence electrons. The number of benzene rings is 1. The van der Waals surface area contributed by atoms with Gasteiger partial charge in [-0.15, -0.1) is 0 Å². The van der Waals surface area contributed by atoms with Crippen LogP contribution in [0.25, 0.3) is 0 Å². The first-order chi connectivity index (χ1) is 10.6. The minimum atomic E-state index is -0.106. The topological polar surface area (TPSA) is 55.8 Å². The first-order valence-electron chi connectivity index (χ1n) is 7.95. The second kappa shape index (κ2) is 10.2. The van der Waals surface area contributed by atoms with Gasteiger partial charge in [0.2, 0.25) is 0 Å². The number of nitrogens with zero attached hydrogens (tertiary/aromatic N) is 2. The molecule has 0 saturated heterocycles. The van der Waals surface area contributed by atoms with Crippen molar-refractivity contribution in [3.8, 4) is 0 Å². The fourth-order valence-corrected chi connectivity index (χ4v) is 2.35. The van der Waals surface area contributed by atoms with Crippen LogP contribution in [0.1, 0.15) is 31.4 Å². The summed E-state index contributed by atoms with van der Waals surface area (Å²) in [6.45, 7) is 3.69. The number of carbonyl (C=O) groups excluding carboxylic acids is 1. The number of hydrogen-bond acceptors (Lipinski definition) is 3. The molecule has 5 heteroatoms. The number of rotatable bonds is 9. The molecule has 2 N–H and O–H groups in total. The zero-order valence-corrected chi connectivity index (χ0v) is 14.0. The van der Waals surface area contributed by atoms with E-state index in [9.17, 15) is 4.79 Å². The van der Waals surface area contributed by atoms with E-state index in [1.165, 1.54) is 5.56 Å². The minimum Gasteiger partial charge on any atom is -0.395 e. The minimum absolute atomic E-state index is 0.00702. The van der Waals surface area contributed by atoms with E-state index in [1.54, 1.807) is 4.90 Å². The van der Waals surface area contributed by atoms with Gasteiger partial charge in [-0.2, -0.15) is 0 Å². The maximum Gasteiger partial charge on any atom is 0.317 e. The van der Waals surface area contributed by atoms with E-state index in [0.717, 1.165) is 12.8 Å². The van der Waals surface area contributed by atoms with E-state index in [4.69, 9.17) is 5.11 Å². The van der Waals surface area contributed by atoms with Crippen molar-refractivity contribution in [3.05, 3.63) is 35.9 Å². The Morgan fingerprint density at radius 3 is 2.45 bits per heavy atom. The first-order valence-corrected chi connectivity index (χ1v) is 7.95. The van der Waals surface area contributed by atoms with Gasteiger partial charge >= 0.3 is 6.03 Å². The van der Waals surface area contributed by atoms with Crippen molar-refractivity contribution in [3.63, 3.8) is 0 Å². The maximum absolute atomic E-state index is 12.3. The van der Waals surface area contributed by atoms with E-state index in [2.05, 4.69) is 29.3 Å². The summed E-state index contributed by atoms with van der Waals surface area (Å²) in [4.78, 5) is 16.1. The Morgan fingerprint density at radius 1 is 1.23 bits per heavy atom. The molecule has 1 aromatic rings. The average Bonchev–Trinajstić information content (AvgIpc) is 2.52. The summed E-state index contributed by atoms with van der Waals surface area (Å²) in [6.07, 6.45) is 1.97. The number of carbonyl (C=O) groups is 1. The van der Waals surface area contributed by atoms with E-state index in [1.807, 2.05) is 32.3 Å². The van der Waals surface area contributed by atoms with Crippen molar-refractivity contribution in [2.24, 2.45) is 0 Å². The summed E-state index contributed by atoms with van der Waals surface area (Å²) < 4.78 is 0. The molecule has 0 radical (unpaired) electrons. The fraction of sp³-hybridized carbons (Fsp3) is 0.588. The molecule has 0 aliphatic carbocycles. The summed E-state index contributed by atoms with van der Waals surface area (Å²) in [5, 5.41) is 12.1. The lowest BCUT2D eigenvalue weighted by molar-refractivity contribution is 0.172. The molecule has 1 unspecified atom stereocenters. The number of hydrogen-bond donors (Lipinski definition) is 2. The van der Waals surface area contributed by atoms with Crippen molar-refractivity contribution in [2.75, 3.05) is 40.3 Å². The number of unbranched alkanes of at least 4 members (excludes halogenated alkanes) is 1. The monoisotopic (exact) mass is 307 g/mol. The Bertz CT molecular complexity index is 423. The van der Waals surface area contributed by atoms with Gasteiger partial charge < -0.3 is 20.2 Å². The van der Waals surface area contributed by atoms with Crippen molar-refractivity contribution < 1.29 is 9.90 Å². The third-order valence-electron chi connectivity index (χ3n) is 3.69. The van der Waals surface area contributed by atoms with Gasteiger partial charge in [0.05, 0.1) is 12.6 Å². The Hall–Kier alpha value is -1.59. The normalized spacial score (nSPS) is 12.2. The number of nitrogens with one attached hydrogen (secondary N) is 1. The number of amides is 2. The van der Waals surface area contributed by atoms with Crippen molar-refractivity contribution >= 4 is 6.03 Å². The molecule has 0 bridgehead atoms. The molecule has 0 saturated carbocycles. The molecule has 2 amide bonds. The summed E-state index contributed by atoms with van der Waals surface area (Å²) >= 11 is 0. The van der Waals surface area contributed by atoms with E-state index < -0.39 is 0 Å². The third-order valence-corrected chi connectivity index (χ3v) is 3.69. The highest BCUT2D eigenvalue weighted by Gasteiger charge is 2.17. The molecular formula is C17H29N3O2. The highest BCUT2D eigenvalue weighted by molar-refractivity contribution is 5.74. The van der Waals surface area contributed by atoms with Gasteiger partial charge in [-0.3, -0.25) is 0 Å². The van der Waals surface area contributed by atoms with Crippen LogP contribution in [0.4, 0.5) is 4.79 Å². The second-order valence-corrected chi connectivity index (χ2v) is 5.64. The number of aliphatic hydroxyl groups is 1. The van der Waals surface area contributed by atoms with E-state index in [-0.39, 0.29) is 18.7 Å². The van der Waals surface area contributed by atoms with Crippen LogP contribution in [-0.4, -0.2) is 61.3 Å². The Labute approximate surface area is 133 Å². The molecule has 0 fully saturated rings. The standard InChI is InChI=1S/C17H29N3O2/c1-4-5-11-20(12-13-21)17(22)18-14-16(19(2)3)15-9-7-6-8-10-15/h6-10,16,21H,4-5,11-14H2,1-3H3,(H,18,22). The number of aliphatic hydroxyl groups excluding tert-OH is 1. The second-order valence-electron chi connectivity index (χ2n) is 5.64. The van der Waals surface area contributed by atoms with Gasteiger partial charge in [0, 0.05) is 19.6 Å². The lowest BCUT2D eigenvalue weighted by Crippen LogP contribution is -2.44. The molecule has 1 aromatic carbocycles. The van der Waals surface area contributed by atoms with Crippen molar-refractivity contribution in [2.45, 2.75) is 25.8 Å². The van der Waals surface area contributed by atoms with Gasteiger partial charge in [0.1, 0.15) is 0 Å². The lowest BCUT2D eigenvalue weighted by atomic mass is 10.1. The number of likely N-dealkylation sites (N-methyl/N-ethyl adjacent to an activating group) is 1. The van der Waals surface area contributed by atoms with E-state index >= 15 is 0 Å². The molecule has 0 aliphatic heterocycles. The highest BCUT2D eigenvalue weighted by atomic mass is 16.3. The molecule has 1 atom stereocenters. The molecule has 0 spiro atoms. The highest BCUT2D eigenvalue weighted by Crippen LogP contribution is 2.16. The molecule has 0 heterocycles. The summed E-state index contributed by atoms with van der Waals surface area (Å²) in [7, 11) is 4.01. The summed E-state index contributed by atoms with van der Waals surface area (Å²) in [6, 6.07) is 10.2. The summed E-state index contributed by atoms with van der Waals surface area (Å²) in [5.41, 5.74) is 1.18. The first kappa shape index (κ1) is 18.5. The van der Waals surface area contributed by atoms with Crippen molar-refractivity contribution in [1.82, 2.24) is 15.1 Å². The van der Waals surface area contributed by atoms with E-state index in [0.29, 0.717) is 19.6 Å². The van der Waals surface area contributed by atoms with Crippen LogP contribution in [0, 0.1) is 0 Å². The van der Waals surface area contributed by atoms with Crippen LogP contribution in [-0.2, 0) is 0 Å². The molecule has 0 aliphatic rings. The largest absolute Gasteiger partial charge is 0.395 e. The van der Waals surface area contributed by atoms with Gasteiger partial charge in [-0.05, 0) is 26.1 Å². The number of urea groups is 1. The van der Waals surface area contributed by atoms with Gasteiger partial charge in [0.25, 0.3) is 0 Å². The zero-order valence-electron chi connectivity index (χ0n) is 14.0. The van der Waals surface area contributed by atoms with Crippen LogP contribution in [0.5, 0.6) is 0 Å². The Morgan fingerprint density at radius 2 is 1.91 bits per heavy atom. The van der Waals surface area contributed by atoms with Crippen LogP contribution in [0.3, 0.4) is 0 Å². The van der Waals surface area contributed by atoms with Crippen LogP contribution >= 0.6 is 0 Å². The maximum atomic E-state index is 12.3.